The minimum atomic E-state index is -4.71. The van der Waals surface area contributed by atoms with Gasteiger partial charge in [-0.2, -0.15) is 0 Å². The van der Waals surface area contributed by atoms with Gasteiger partial charge in [0.25, 0.3) is 5.75 Å². The predicted molar refractivity (Wildman–Crippen MR) is 119 cm³/mol. The van der Waals surface area contributed by atoms with E-state index in [2.05, 4.69) is 26.7 Å². The van der Waals surface area contributed by atoms with Gasteiger partial charge in [0.05, 0.1) is 0 Å². The molecule has 0 radical (unpaired) electrons. The number of aliphatic hydroxyl groups is 1. The number of likely N-dealkylation sites (tertiary alicyclic amines) is 1. The zero-order valence-corrected chi connectivity index (χ0v) is 18.8. The van der Waals surface area contributed by atoms with E-state index < -0.39 is 12.5 Å². The molecule has 0 aromatic heterocycles. The van der Waals surface area contributed by atoms with E-state index in [1.165, 1.54) is 12.1 Å². The van der Waals surface area contributed by atoms with Gasteiger partial charge < -0.3 is 19.3 Å². The van der Waals surface area contributed by atoms with Crippen molar-refractivity contribution in [2.24, 2.45) is 0 Å². The van der Waals surface area contributed by atoms with Crippen LogP contribution in [-0.2, 0) is 6.54 Å². The number of piperidine rings is 1. The third kappa shape index (κ3) is 6.60. The summed E-state index contributed by atoms with van der Waals surface area (Å²) in [6.07, 6.45) is -3.17. The summed E-state index contributed by atoms with van der Waals surface area (Å²) < 4.78 is 60.1. The van der Waals surface area contributed by atoms with Crippen LogP contribution in [0.5, 0.6) is 11.5 Å². The Bertz CT molecular complexity index is 929. The molecule has 1 saturated heterocycles. The summed E-state index contributed by atoms with van der Waals surface area (Å²) in [6, 6.07) is 12.4. The van der Waals surface area contributed by atoms with Gasteiger partial charge in [-0.15, -0.1) is 13.2 Å². The van der Waals surface area contributed by atoms with E-state index >= 15 is 0 Å². The van der Waals surface area contributed by atoms with Crippen LogP contribution in [0.4, 0.5) is 17.6 Å². The lowest BCUT2D eigenvalue weighted by molar-refractivity contribution is -0.274. The van der Waals surface area contributed by atoms with Crippen LogP contribution in [0.2, 0.25) is 0 Å². The van der Waals surface area contributed by atoms with Crippen LogP contribution in [0.3, 0.4) is 0 Å². The molecule has 4 nitrogen and oxygen atoms in total. The summed E-state index contributed by atoms with van der Waals surface area (Å²) in [5.41, 5.74) is 3.05. The van der Waals surface area contributed by atoms with E-state index in [1.54, 1.807) is 6.07 Å². The highest BCUT2D eigenvalue weighted by atomic mass is 19.4. The monoisotopic (exact) mass is 467 g/mol. The second kappa shape index (κ2) is 10.3. The van der Waals surface area contributed by atoms with E-state index in [9.17, 15) is 17.6 Å². The van der Waals surface area contributed by atoms with Gasteiger partial charge >= 0.3 is 6.36 Å². The maximum Gasteiger partial charge on any atom is 0.573 e. The number of fused-ring (bicyclic) bond motifs is 1. The minimum Gasteiger partial charge on any atom is -0.583 e. The molecule has 2 aliphatic heterocycles. The summed E-state index contributed by atoms with van der Waals surface area (Å²) in [5, 5.41) is 0. The van der Waals surface area contributed by atoms with Crippen molar-refractivity contribution in [3.63, 3.8) is 0 Å². The second-order valence-corrected chi connectivity index (χ2v) is 9.00. The molecule has 2 aliphatic rings. The van der Waals surface area contributed by atoms with Crippen molar-refractivity contribution in [3.05, 3.63) is 59.2 Å². The average molecular weight is 468 g/mol. The van der Waals surface area contributed by atoms with Crippen LogP contribution in [-0.4, -0.2) is 66.9 Å². The molecule has 1 atom stereocenters. The van der Waals surface area contributed by atoms with Crippen molar-refractivity contribution >= 4 is 0 Å². The lowest BCUT2D eigenvalue weighted by Crippen LogP contribution is -2.35. The molecule has 33 heavy (non-hydrogen) atoms. The quantitative estimate of drug-likeness (QED) is 0.317. The van der Waals surface area contributed by atoms with E-state index in [-0.39, 0.29) is 11.7 Å². The Labute approximate surface area is 192 Å². The number of alkyl halides is 4. The number of benzene rings is 2. The molecule has 1 fully saturated rings. The zero-order valence-electron chi connectivity index (χ0n) is 18.8. The van der Waals surface area contributed by atoms with Crippen LogP contribution in [0, 0.1) is 0 Å². The third-order valence-corrected chi connectivity index (χ3v) is 6.37. The van der Waals surface area contributed by atoms with Gasteiger partial charge in [-0.05, 0) is 54.8 Å². The Morgan fingerprint density at radius 2 is 1.88 bits per heavy atom. The highest BCUT2D eigenvalue weighted by Crippen LogP contribution is 2.36. The summed E-state index contributed by atoms with van der Waals surface area (Å²) in [4.78, 5) is 4.47. The molecule has 2 heterocycles. The maximum atomic E-state index is 13.3. The Morgan fingerprint density at radius 1 is 1.09 bits per heavy atom. The highest BCUT2D eigenvalue weighted by molar-refractivity contribution is 5.45. The molecule has 0 spiro atoms. The standard InChI is InChI=1S/C25H30F4N2O2/c1-30-16-19-15-21(32-13-3-10-31-11-8-20(26)9-12-31)6-7-23(19)24(17-30)18-4-2-5-22(14-18)33-25(27,28)29/h2,4-7,14-15,20,24H,3,8-13,16-17H2,1H3/p+1. The SMILES string of the molecule is CN1Cc2cc([OH+]CCCN3CCC(F)CC3)ccc2C(c2cccc(OC(F)(F)F)c2)C1. The molecule has 0 amide bonds. The van der Waals surface area contributed by atoms with Crippen LogP contribution < -0.4 is 4.74 Å². The maximum absolute atomic E-state index is 13.3. The number of aromatic hydroxyl groups is 1. The smallest absolute Gasteiger partial charge is 0.573 e. The van der Waals surface area contributed by atoms with Crippen molar-refractivity contribution in [3.8, 4) is 11.5 Å². The number of ether oxygens (including phenoxy) is 2. The van der Waals surface area contributed by atoms with Crippen LogP contribution in [0.25, 0.3) is 0 Å². The number of hydrogen-bond acceptors (Lipinski definition) is 3. The van der Waals surface area contributed by atoms with Gasteiger partial charge in [0.1, 0.15) is 11.9 Å². The summed E-state index contributed by atoms with van der Waals surface area (Å²) in [6.45, 7) is 4.78. The van der Waals surface area contributed by atoms with Gasteiger partial charge in [-0.1, -0.05) is 12.1 Å². The van der Waals surface area contributed by atoms with Gasteiger partial charge in [-0.25, -0.2) is 4.39 Å². The van der Waals surface area contributed by atoms with E-state index in [1.807, 2.05) is 19.2 Å². The fourth-order valence-electron chi connectivity index (χ4n) is 4.77. The summed E-state index contributed by atoms with van der Waals surface area (Å²) in [7, 11) is 2.01. The lowest BCUT2D eigenvalue weighted by Gasteiger charge is -2.32. The van der Waals surface area contributed by atoms with Crippen LogP contribution in [0.15, 0.2) is 42.5 Å². The highest BCUT2D eigenvalue weighted by Gasteiger charge is 2.32. The van der Waals surface area contributed by atoms with Crippen molar-refractivity contribution in [1.82, 2.24) is 9.80 Å². The van der Waals surface area contributed by atoms with Crippen molar-refractivity contribution in [2.45, 2.75) is 44.3 Å². The lowest BCUT2D eigenvalue weighted by atomic mass is 9.84. The first-order valence-electron chi connectivity index (χ1n) is 11.5. The van der Waals surface area contributed by atoms with Gasteiger partial charge in [0.2, 0.25) is 0 Å². The van der Waals surface area contributed by atoms with Gasteiger partial charge in [0.15, 0.2) is 6.61 Å². The molecule has 8 heteroatoms. The summed E-state index contributed by atoms with van der Waals surface area (Å²) in [5.74, 6) is 0.680. The third-order valence-electron chi connectivity index (χ3n) is 6.37. The molecule has 180 valence electrons. The molecule has 1 N–H and O–H groups in total. The first-order valence-corrected chi connectivity index (χ1v) is 11.5. The molecule has 2 aromatic carbocycles. The topological polar surface area (TPSA) is 28.5 Å². The zero-order chi connectivity index (χ0) is 23.4. The number of likely N-dealkylation sites (N-methyl/N-ethyl adjacent to an activating group) is 1. The normalized spacial score (nSPS) is 20.5. The molecule has 0 aliphatic carbocycles. The Morgan fingerprint density at radius 3 is 2.64 bits per heavy atom. The first kappa shape index (κ1) is 23.8. The van der Waals surface area contributed by atoms with Crippen molar-refractivity contribution in [1.29, 1.82) is 0 Å². The van der Waals surface area contributed by atoms with E-state index in [0.29, 0.717) is 26.0 Å². The average Bonchev–Trinajstić information content (AvgIpc) is 2.76. The second-order valence-electron chi connectivity index (χ2n) is 9.00. The molecule has 1 unspecified atom stereocenters. The van der Waals surface area contributed by atoms with Crippen molar-refractivity contribution in [2.75, 3.05) is 39.8 Å². The van der Waals surface area contributed by atoms with Gasteiger partial charge in [-0.3, -0.25) is 0 Å². The Hall–Kier alpha value is -2.32. The number of hydrogen-bond donors (Lipinski definition) is 0. The fraction of sp³-hybridized carbons (Fsp3) is 0.520. The number of rotatable bonds is 7. The minimum absolute atomic E-state index is 0.0389. The van der Waals surface area contributed by atoms with E-state index in [0.717, 1.165) is 55.0 Å². The molecular formula is C25H31F4N2O2+. The van der Waals surface area contributed by atoms with Crippen molar-refractivity contribution < 1.29 is 27.0 Å². The molecule has 2 aromatic rings. The molecular weight excluding hydrogens is 436 g/mol. The fourth-order valence-corrected chi connectivity index (χ4v) is 4.77. The Kier molecular flexibility index (Phi) is 7.44. The molecule has 0 saturated carbocycles. The molecule has 4 rings (SSSR count). The number of halogens is 4. The molecule has 0 bridgehead atoms. The van der Waals surface area contributed by atoms with Crippen LogP contribution in [0.1, 0.15) is 41.9 Å². The largest absolute Gasteiger partial charge is 0.583 e. The van der Waals surface area contributed by atoms with Crippen LogP contribution >= 0.6 is 0 Å². The number of nitrogens with zero attached hydrogens (tertiary/aromatic N) is 2. The first-order chi connectivity index (χ1) is 15.8. The van der Waals surface area contributed by atoms with Gasteiger partial charge in [0, 0.05) is 57.2 Å². The van der Waals surface area contributed by atoms with E-state index in [4.69, 9.17) is 4.74 Å². The Balaban J connectivity index is 1.39. The predicted octanol–water partition coefficient (Wildman–Crippen LogP) is 5.23. The summed E-state index contributed by atoms with van der Waals surface area (Å²) >= 11 is 0.